The Labute approximate surface area is 201 Å². The lowest BCUT2D eigenvalue weighted by molar-refractivity contribution is -0.120. The van der Waals surface area contributed by atoms with E-state index in [0.717, 1.165) is 17.8 Å². The second kappa shape index (κ2) is 8.70. The summed E-state index contributed by atoms with van der Waals surface area (Å²) in [7, 11) is -2.12. The minimum absolute atomic E-state index is 0.00273. The van der Waals surface area contributed by atoms with Gasteiger partial charge in [0.15, 0.2) is 9.84 Å². The first kappa shape index (κ1) is 23.4. The van der Waals surface area contributed by atoms with Gasteiger partial charge in [0.2, 0.25) is 11.8 Å². The van der Waals surface area contributed by atoms with Gasteiger partial charge in [-0.3, -0.25) is 4.79 Å². The van der Waals surface area contributed by atoms with Crippen LogP contribution in [0, 0.1) is 30.1 Å². The van der Waals surface area contributed by atoms with Crippen molar-refractivity contribution in [3.8, 4) is 17.2 Å². The van der Waals surface area contributed by atoms with Crippen molar-refractivity contribution in [2.24, 2.45) is 23.2 Å². The highest BCUT2D eigenvalue weighted by atomic mass is 32.2. The minimum Gasteiger partial charge on any atom is -0.497 e. The van der Waals surface area contributed by atoms with Gasteiger partial charge in [0.05, 0.1) is 18.6 Å². The van der Waals surface area contributed by atoms with Gasteiger partial charge in [0.25, 0.3) is 0 Å². The molecule has 184 valence electrons. The summed E-state index contributed by atoms with van der Waals surface area (Å²) in [4.78, 5) is 17.2. The zero-order valence-electron chi connectivity index (χ0n) is 20.2. The molecule has 34 heavy (non-hydrogen) atoms. The molecule has 8 heteroatoms. The normalized spacial score (nSPS) is 26.7. The number of nitrogens with one attached hydrogen (secondary N) is 1. The standard InChI is InChI=1S/C26H34N2O5S/c1-16-23(28-25(33-16)19-5-4-6-22(10-19)32-3)14-34(30,31)15-24(29)27-17(2)26(11-18-7-8-18)12-20-9-21(20)13-26/h4-6,10,17-18,20-21H,7-9,11-15H2,1-3H3,(H,27,29). The number of hydrogen-bond acceptors (Lipinski definition) is 6. The third kappa shape index (κ3) is 5.02. The van der Waals surface area contributed by atoms with Gasteiger partial charge in [-0.25, -0.2) is 13.4 Å². The van der Waals surface area contributed by atoms with Crippen LogP contribution in [0.25, 0.3) is 11.5 Å². The molecule has 0 aliphatic heterocycles. The Balaban J connectivity index is 1.22. The fraction of sp³-hybridized carbons (Fsp3) is 0.615. The lowest BCUT2D eigenvalue weighted by Crippen LogP contribution is -2.47. The molecule has 1 heterocycles. The molecular weight excluding hydrogens is 452 g/mol. The van der Waals surface area contributed by atoms with Gasteiger partial charge in [0, 0.05) is 11.6 Å². The van der Waals surface area contributed by atoms with E-state index in [1.807, 2.05) is 18.2 Å². The molecule has 2 aromatic rings. The molecule has 3 aliphatic carbocycles. The number of methoxy groups -OCH3 is 1. The summed E-state index contributed by atoms with van der Waals surface area (Å²) in [5.41, 5.74) is 1.18. The fourth-order valence-electron chi connectivity index (χ4n) is 5.87. The molecular formula is C26H34N2O5S. The number of carbonyl (C=O) groups is 1. The van der Waals surface area contributed by atoms with E-state index in [-0.39, 0.29) is 17.2 Å². The van der Waals surface area contributed by atoms with Crippen molar-refractivity contribution in [2.45, 2.75) is 64.2 Å². The Morgan fingerprint density at radius 3 is 2.71 bits per heavy atom. The van der Waals surface area contributed by atoms with E-state index in [0.29, 0.717) is 28.7 Å². The number of oxazole rings is 1. The summed E-state index contributed by atoms with van der Waals surface area (Å²) in [5.74, 6) is 2.56. The second-order valence-electron chi connectivity index (χ2n) is 10.7. The maximum Gasteiger partial charge on any atom is 0.235 e. The van der Waals surface area contributed by atoms with Gasteiger partial charge in [0.1, 0.15) is 17.3 Å². The molecule has 3 saturated carbocycles. The number of benzene rings is 1. The summed E-state index contributed by atoms with van der Waals surface area (Å²) in [6, 6.07) is 7.23. The van der Waals surface area contributed by atoms with Crippen molar-refractivity contribution in [1.82, 2.24) is 10.3 Å². The van der Waals surface area contributed by atoms with Gasteiger partial charge in [-0.15, -0.1) is 0 Å². The number of nitrogens with zero attached hydrogens (tertiary/aromatic N) is 1. The lowest BCUT2D eigenvalue weighted by Gasteiger charge is -2.38. The van der Waals surface area contributed by atoms with Crippen molar-refractivity contribution in [2.75, 3.05) is 12.9 Å². The first-order valence-corrected chi connectivity index (χ1v) is 14.1. The van der Waals surface area contributed by atoms with E-state index < -0.39 is 21.5 Å². The predicted molar refractivity (Wildman–Crippen MR) is 129 cm³/mol. The molecule has 1 N–H and O–H groups in total. The predicted octanol–water partition coefficient (Wildman–Crippen LogP) is 4.29. The van der Waals surface area contributed by atoms with Crippen LogP contribution < -0.4 is 10.1 Å². The van der Waals surface area contributed by atoms with E-state index in [1.165, 1.54) is 38.5 Å². The topological polar surface area (TPSA) is 98.5 Å². The number of hydrogen-bond donors (Lipinski definition) is 1. The fourth-order valence-corrected chi connectivity index (χ4v) is 7.14. The van der Waals surface area contributed by atoms with Gasteiger partial charge >= 0.3 is 0 Å². The van der Waals surface area contributed by atoms with Crippen LogP contribution in [0.1, 0.15) is 56.9 Å². The highest BCUT2D eigenvalue weighted by molar-refractivity contribution is 7.91. The Bertz CT molecular complexity index is 1170. The maximum absolute atomic E-state index is 12.9. The Morgan fingerprint density at radius 2 is 2.03 bits per heavy atom. The number of amides is 1. The maximum atomic E-state index is 12.9. The van der Waals surface area contributed by atoms with Gasteiger partial charge in [-0.2, -0.15) is 0 Å². The Morgan fingerprint density at radius 1 is 1.29 bits per heavy atom. The van der Waals surface area contributed by atoms with E-state index in [9.17, 15) is 13.2 Å². The number of sulfone groups is 1. The summed E-state index contributed by atoms with van der Waals surface area (Å²) in [5, 5.41) is 3.06. The van der Waals surface area contributed by atoms with E-state index in [4.69, 9.17) is 9.15 Å². The van der Waals surface area contributed by atoms with E-state index >= 15 is 0 Å². The largest absolute Gasteiger partial charge is 0.497 e. The zero-order valence-corrected chi connectivity index (χ0v) is 21.0. The molecule has 3 unspecified atom stereocenters. The smallest absolute Gasteiger partial charge is 0.235 e. The quantitative estimate of drug-likeness (QED) is 0.538. The molecule has 7 nitrogen and oxygen atoms in total. The van der Waals surface area contributed by atoms with Gasteiger partial charge < -0.3 is 14.5 Å². The Hall–Kier alpha value is -2.35. The van der Waals surface area contributed by atoms with Crippen LogP contribution in [0.2, 0.25) is 0 Å². The molecule has 1 amide bonds. The van der Waals surface area contributed by atoms with Crippen LogP contribution in [-0.2, 0) is 20.4 Å². The first-order chi connectivity index (χ1) is 16.2. The molecule has 0 saturated heterocycles. The molecule has 0 radical (unpaired) electrons. The lowest BCUT2D eigenvalue weighted by atomic mass is 9.72. The minimum atomic E-state index is -3.70. The molecule has 3 atom stereocenters. The molecule has 1 aromatic heterocycles. The van der Waals surface area contributed by atoms with Crippen molar-refractivity contribution < 1.29 is 22.4 Å². The van der Waals surface area contributed by atoms with Gasteiger partial charge in [-0.1, -0.05) is 18.9 Å². The van der Waals surface area contributed by atoms with Crippen LogP contribution >= 0.6 is 0 Å². The number of fused-ring (bicyclic) bond motifs is 1. The third-order valence-electron chi connectivity index (χ3n) is 8.01. The number of aryl methyl sites for hydroxylation is 1. The average molecular weight is 487 g/mol. The van der Waals surface area contributed by atoms with Gasteiger partial charge in [-0.05, 0) is 80.9 Å². The van der Waals surface area contributed by atoms with Crippen LogP contribution in [-0.4, -0.2) is 38.2 Å². The van der Waals surface area contributed by atoms with Crippen molar-refractivity contribution in [3.05, 3.63) is 35.7 Å². The monoisotopic (exact) mass is 486 g/mol. The van der Waals surface area contributed by atoms with Crippen LogP contribution in [0.5, 0.6) is 5.75 Å². The molecule has 0 spiro atoms. The summed E-state index contributed by atoms with van der Waals surface area (Å²) >= 11 is 0. The molecule has 3 fully saturated rings. The van der Waals surface area contributed by atoms with Crippen molar-refractivity contribution in [1.29, 1.82) is 0 Å². The highest BCUT2D eigenvalue weighted by Gasteiger charge is 2.57. The summed E-state index contributed by atoms with van der Waals surface area (Å²) < 4.78 is 36.7. The van der Waals surface area contributed by atoms with Crippen LogP contribution in [0.3, 0.4) is 0 Å². The first-order valence-electron chi connectivity index (χ1n) is 12.3. The summed E-state index contributed by atoms with van der Waals surface area (Å²) in [6.45, 7) is 3.76. The molecule has 0 bridgehead atoms. The van der Waals surface area contributed by atoms with E-state index in [2.05, 4.69) is 17.2 Å². The number of aromatic nitrogens is 1. The van der Waals surface area contributed by atoms with Crippen LogP contribution in [0.15, 0.2) is 28.7 Å². The van der Waals surface area contributed by atoms with Crippen LogP contribution in [0.4, 0.5) is 0 Å². The average Bonchev–Trinajstić information content (AvgIpc) is 3.67. The van der Waals surface area contributed by atoms with Crippen molar-refractivity contribution >= 4 is 15.7 Å². The number of rotatable bonds is 10. The summed E-state index contributed by atoms with van der Waals surface area (Å²) in [6.07, 6.45) is 7.43. The zero-order chi connectivity index (χ0) is 24.1. The molecule has 3 aliphatic rings. The second-order valence-corrected chi connectivity index (χ2v) is 12.8. The van der Waals surface area contributed by atoms with E-state index in [1.54, 1.807) is 20.1 Å². The molecule has 1 aromatic carbocycles. The SMILES string of the molecule is COc1cccc(-c2nc(CS(=O)(=O)CC(=O)NC(C)C3(CC4CC4)CC4CC4C3)c(C)o2)c1. The number of ether oxygens (including phenoxy) is 1. The Kier molecular flexibility index (Phi) is 5.99. The van der Waals surface area contributed by atoms with Crippen molar-refractivity contribution in [3.63, 3.8) is 0 Å². The third-order valence-corrected chi connectivity index (χ3v) is 9.43. The number of carbonyl (C=O) groups excluding carboxylic acids is 1. The molecule has 5 rings (SSSR count). The highest BCUT2D eigenvalue weighted by Crippen LogP contribution is 2.64.